The Morgan fingerprint density at radius 1 is 0.632 bits per heavy atom. The van der Waals surface area contributed by atoms with Gasteiger partial charge < -0.3 is 0 Å². The molecule has 110 valence electrons. The van der Waals surface area contributed by atoms with Crippen molar-refractivity contribution in [3.8, 4) is 0 Å². The van der Waals surface area contributed by atoms with Crippen LogP contribution in [-0.4, -0.2) is 24.1 Å². The third-order valence-electron chi connectivity index (χ3n) is 5.78. The van der Waals surface area contributed by atoms with E-state index >= 15 is 0 Å². The number of nitrogens with one attached hydrogen (secondary N) is 1. The Hall–Kier alpha value is -0.0800. The average Bonchev–Trinajstić information content (AvgIpc) is 2.50. The quantitative estimate of drug-likeness (QED) is 0.825. The molecule has 2 saturated carbocycles. The molecule has 2 unspecified atom stereocenters. The number of hydrazine groups is 1. The van der Waals surface area contributed by atoms with E-state index in [1.807, 2.05) is 0 Å². The van der Waals surface area contributed by atoms with Gasteiger partial charge >= 0.3 is 0 Å². The lowest BCUT2D eigenvalue weighted by Gasteiger charge is -2.42. The van der Waals surface area contributed by atoms with Crippen LogP contribution >= 0.6 is 0 Å². The largest absolute Gasteiger partial charge is 0.252 e. The Bertz CT molecular complexity index is 254. The first-order chi connectivity index (χ1) is 9.43. The minimum absolute atomic E-state index is 0.801. The van der Waals surface area contributed by atoms with Gasteiger partial charge in [-0.25, -0.2) is 5.01 Å². The number of hydrogen-bond donors (Lipinski definition) is 1. The molecule has 0 amide bonds. The topological polar surface area (TPSA) is 15.3 Å². The molecule has 0 radical (unpaired) electrons. The lowest BCUT2D eigenvalue weighted by atomic mass is 9.71. The fourth-order valence-corrected chi connectivity index (χ4v) is 4.70. The summed E-state index contributed by atoms with van der Waals surface area (Å²) in [5.74, 6) is 2.02. The van der Waals surface area contributed by atoms with Crippen LogP contribution in [0.2, 0.25) is 0 Å². The maximum atomic E-state index is 3.94. The van der Waals surface area contributed by atoms with Crippen molar-refractivity contribution in [3.05, 3.63) is 0 Å². The summed E-state index contributed by atoms with van der Waals surface area (Å²) in [7, 11) is 0. The summed E-state index contributed by atoms with van der Waals surface area (Å²) in [5.41, 5.74) is 3.94. The summed E-state index contributed by atoms with van der Waals surface area (Å²) >= 11 is 0. The first-order valence-electron chi connectivity index (χ1n) is 8.94. The van der Waals surface area contributed by atoms with Crippen LogP contribution in [0, 0.1) is 11.8 Å². The average molecular weight is 264 g/mol. The summed E-state index contributed by atoms with van der Waals surface area (Å²) in [6.07, 6.45) is 17.6. The Morgan fingerprint density at radius 2 is 1.26 bits per heavy atom. The van der Waals surface area contributed by atoms with Crippen LogP contribution < -0.4 is 5.43 Å². The Kier molecular flexibility index (Phi) is 5.17. The van der Waals surface area contributed by atoms with E-state index in [-0.39, 0.29) is 0 Å². The maximum Gasteiger partial charge on any atom is 0.0246 e. The molecule has 1 aliphatic heterocycles. The molecule has 0 aromatic heterocycles. The molecule has 3 aliphatic rings. The molecule has 2 aliphatic carbocycles. The predicted octanol–water partition coefficient (Wildman–Crippen LogP) is 4.12. The summed E-state index contributed by atoms with van der Waals surface area (Å²) in [5, 5.41) is 2.55. The predicted molar refractivity (Wildman–Crippen MR) is 80.9 cm³/mol. The van der Waals surface area contributed by atoms with E-state index in [0.717, 1.165) is 17.9 Å². The van der Waals surface area contributed by atoms with Crippen LogP contribution in [0.3, 0.4) is 0 Å². The second kappa shape index (κ2) is 7.08. The van der Waals surface area contributed by atoms with Crippen LogP contribution in [0.15, 0.2) is 0 Å². The van der Waals surface area contributed by atoms with Crippen LogP contribution in [0.1, 0.15) is 77.0 Å². The van der Waals surface area contributed by atoms with E-state index in [2.05, 4.69) is 10.4 Å². The maximum absolute atomic E-state index is 3.94. The van der Waals surface area contributed by atoms with Gasteiger partial charge in [0.25, 0.3) is 0 Å². The van der Waals surface area contributed by atoms with Crippen LogP contribution in [-0.2, 0) is 0 Å². The second-order valence-electron chi connectivity index (χ2n) is 7.13. The van der Waals surface area contributed by atoms with E-state index in [4.69, 9.17) is 0 Å². The third-order valence-corrected chi connectivity index (χ3v) is 5.78. The number of piperidine rings is 1. The van der Waals surface area contributed by atoms with E-state index in [9.17, 15) is 0 Å². The molecular weight excluding hydrogens is 232 g/mol. The SMILES string of the molecule is C1CCC(C2CCCCC2NN2CCCCC2)CC1. The van der Waals surface area contributed by atoms with Crippen molar-refractivity contribution in [1.29, 1.82) is 0 Å². The highest BCUT2D eigenvalue weighted by atomic mass is 15.5. The highest BCUT2D eigenvalue weighted by molar-refractivity contribution is 4.86. The van der Waals surface area contributed by atoms with Crippen molar-refractivity contribution in [1.82, 2.24) is 10.4 Å². The van der Waals surface area contributed by atoms with Crippen LogP contribution in [0.25, 0.3) is 0 Å². The first-order valence-corrected chi connectivity index (χ1v) is 8.94. The minimum Gasteiger partial charge on any atom is -0.252 e. The van der Waals surface area contributed by atoms with Crippen LogP contribution in [0.5, 0.6) is 0 Å². The zero-order valence-electron chi connectivity index (χ0n) is 12.6. The highest BCUT2D eigenvalue weighted by Crippen LogP contribution is 2.38. The zero-order chi connectivity index (χ0) is 12.9. The van der Waals surface area contributed by atoms with Gasteiger partial charge in [-0.3, -0.25) is 5.43 Å². The van der Waals surface area contributed by atoms with Gasteiger partial charge in [-0.2, -0.15) is 0 Å². The molecule has 1 saturated heterocycles. The van der Waals surface area contributed by atoms with Gasteiger partial charge in [0.1, 0.15) is 0 Å². The van der Waals surface area contributed by atoms with Crippen molar-refractivity contribution < 1.29 is 0 Å². The molecular formula is C17H32N2. The van der Waals surface area contributed by atoms with Gasteiger partial charge in [0.2, 0.25) is 0 Å². The highest BCUT2D eigenvalue weighted by Gasteiger charge is 2.33. The lowest BCUT2D eigenvalue weighted by Crippen LogP contribution is -2.52. The normalized spacial score (nSPS) is 35.4. The van der Waals surface area contributed by atoms with Gasteiger partial charge in [-0.1, -0.05) is 51.4 Å². The molecule has 0 spiro atoms. The lowest BCUT2D eigenvalue weighted by molar-refractivity contribution is 0.0604. The molecule has 1 heterocycles. The second-order valence-corrected chi connectivity index (χ2v) is 7.13. The van der Waals surface area contributed by atoms with Crippen molar-refractivity contribution in [2.75, 3.05) is 13.1 Å². The van der Waals surface area contributed by atoms with Gasteiger partial charge in [-0.05, 0) is 37.5 Å². The molecule has 0 aromatic carbocycles. The van der Waals surface area contributed by atoms with Crippen molar-refractivity contribution in [3.63, 3.8) is 0 Å². The van der Waals surface area contributed by atoms with E-state index in [1.165, 1.54) is 90.1 Å². The van der Waals surface area contributed by atoms with Gasteiger partial charge in [-0.15, -0.1) is 0 Å². The summed E-state index contributed by atoms with van der Waals surface area (Å²) in [6, 6.07) is 0.801. The van der Waals surface area contributed by atoms with Gasteiger partial charge in [0.05, 0.1) is 0 Å². The molecule has 0 bridgehead atoms. The molecule has 0 aromatic rings. The van der Waals surface area contributed by atoms with Crippen molar-refractivity contribution in [2.24, 2.45) is 11.8 Å². The molecule has 2 heteroatoms. The Morgan fingerprint density at radius 3 is 2.05 bits per heavy atom. The third kappa shape index (κ3) is 3.72. The fourth-order valence-electron chi connectivity index (χ4n) is 4.70. The number of hydrogen-bond acceptors (Lipinski definition) is 2. The molecule has 2 atom stereocenters. The monoisotopic (exact) mass is 264 g/mol. The number of rotatable bonds is 3. The summed E-state index contributed by atoms with van der Waals surface area (Å²) in [6.45, 7) is 2.57. The molecule has 19 heavy (non-hydrogen) atoms. The smallest absolute Gasteiger partial charge is 0.0246 e. The van der Waals surface area contributed by atoms with Crippen molar-refractivity contribution in [2.45, 2.75) is 83.1 Å². The minimum atomic E-state index is 0.801. The van der Waals surface area contributed by atoms with E-state index in [0.29, 0.717) is 0 Å². The molecule has 3 rings (SSSR count). The number of nitrogens with zero attached hydrogens (tertiary/aromatic N) is 1. The molecule has 3 fully saturated rings. The van der Waals surface area contributed by atoms with Crippen LogP contribution in [0.4, 0.5) is 0 Å². The van der Waals surface area contributed by atoms with Gasteiger partial charge in [0, 0.05) is 19.1 Å². The van der Waals surface area contributed by atoms with E-state index in [1.54, 1.807) is 0 Å². The molecule has 1 N–H and O–H groups in total. The fraction of sp³-hybridized carbons (Fsp3) is 1.00. The first kappa shape index (κ1) is 13.9. The standard InChI is InChI=1S/C17H32N2/c1-3-9-15(10-4-1)16-11-5-6-12-17(16)18-19-13-7-2-8-14-19/h15-18H,1-14H2. The van der Waals surface area contributed by atoms with E-state index < -0.39 is 0 Å². The van der Waals surface area contributed by atoms with Gasteiger partial charge in [0.15, 0.2) is 0 Å². The Labute approximate surface area is 119 Å². The Balaban J connectivity index is 1.56. The molecule has 2 nitrogen and oxygen atoms in total. The summed E-state index contributed by atoms with van der Waals surface area (Å²) in [4.78, 5) is 0. The summed E-state index contributed by atoms with van der Waals surface area (Å²) < 4.78 is 0. The van der Waals surface area contributed by atoms with Crippen molar-refractivity contribution >= 4 is 0 Å². The zero-order valence-corrected chi connectivity index (χ0v) is 12.6.